The Morgan fingerprint density at radius 1 is 1.32 bits per heavy atom. The molecule has 0 atom stereocenters. The molecular weight excluding hydrogens is 376 g/mol. The van der Waals surface area contributed by atoms with Crippen LogP contribution < -0.4 is 10.9 Å². The maximum absolute atomic E-state index is 12.1. The summed E-state index contributed by atoms with van der Waals surface area (Å²) in [5.74, 6) is 0.492. The van der Waals surface area contributed by atoms with E-state index in [1.165, 1.54) is 0 Å². The highest BCUT2D eigenvalue weighted by Crippen LogP contribution is 2.26. The molecule has 1 aliphatic rings. The predicted molar refractivity (Wildman–Crippen MR) is 78.9 cm³/mol. The first-order valence-electron chi connectivity index (χ1n) is 5.79. The first-order chi connectivity index (χ1) is 9.15. The van der Waals surface area contributed by atoms with Gasteiger partial charge in [-0.2, -0.15) is 0 Å². The van der Waals surface area contributed by atoms with E-state index in [2.05, 4.69) is 52.1 Å². The number of halogens is 2. The molecule has 2 aromatic rings. The van der Waals surface area contributed by atoms with Crippen molar-refractivity contribution < 1.29 is 0 Å². The van der Waals surface area contributed by atoms with E-state index in [1.807, 2.05) is 6.07 Å². The van der Waals surface area contributed by atoms with E-state index in [0.717, 1.165) is 26.7 Å². The zero-order valence-electron chi connectivity index (χ0n) is 9.83. The molecule has 0 unspecified atom stereocenters. The number of hydrogen-bond acceptors (Lipinski definition) is 4. The van der Waals surface area contributed by atoms with E-state index in [4.69, 9.17) is 0 Å². The zero-order chi connectivity index (χ0) is 13.4. The fraction of sp³-hybridized carbons (Fsp3) is 0.250. The second kappa shape index (κ2) is 5.15. The lowest BCUT2D eigenvalue weighted by Gasteiger charge is -2.16. The maximum atomic E-state index is 12.1. The number of rotatable bonds is 1. The van der Waals surface area contributed by atoms with E-state index in [1.54, 1.807) is 6.20 Å². The minimum atomic E-state index is -0.0712. The van der Waals surface area contributed by atoms with Gasteiger partial charge in [0.2, 0.25) is 0 Å². The van der Waals surface area contributed by atoms with Crippen LogP contribution >= 0.6 is 31.9 Å². The Morgan fingerprint density at radius 3 is 2.95 bits per heavy atom. The third-order valence-electron chi connectivity index (χ3n) is 2.98. The van der Waals surface area contributed by atoms with Gasteiger partial charge in [0.1, 0.15) is 5.69 Å². The summed E-state index contributed by atoms with van der Waals surface area (Å²) >= 11 is 6.78. The van der Waals surface area contributed by atoms with E-state index in [0.29, 0.717) is 24.5 Å². The molecule has 98 valence electrons. The summed E-state index contributed by atoms with van der Waals surface area (Å²) in [5.41, 5.74) is 2.14. The monoisotopic (exact) mass is 384 g/mol. The van der Waals surface area contributed by atoms with Crippen molar-refractivity contribution in [2.45, 2.75) is 13.0 Å². The van der Waals surface area contributed by atoms with Gasteiger partial charge in [0, 0.05) is 27.3 Å². The predicted octanol–water partition coefficient (Wildman–Crippen LogP) is 2.00. The molecule has 2 aromatic heterocycles. The van der Waals surface area contributed by atoms with Crippen LogP contribution in [0, 0.1) is 0 Å². The van der Waals surface area contributed by atoms with Crippen molar-refractivity contribution in [2.75, 3.05) is 6.54 Å². The van der Waals surface area contributed by atoms with Crippen LogP contribution in [0.2, 0.25) is 0 Å². The third-order valence-corrected chi connectivity index (χ3v) is 4.02. The van der Waals surface area contributed by atoms with E-state index >= 15 is 0 Å². The van der Waals surface area contributed by atoms with Gasteiger partial charge in [0.15, 0.2) is 5.82 Å². The lowest BCUT2D eigenvalue weighted by atomic mass is 10.1. The molecule has 0 saturated carbocycles. The summed E-state index contributed by atoms with van der Waals surface area (Å²) in [5, 5.41) is 3.22. The van der Waals surface area contributed by atoms with Crippen molar-refractivity contribution in [1.82, 2.24) is 20.3 Å². The molecule has 3 rings (SSSR count). The standard InChI is InChI=1S/C12H10Br2N4O/c13-6-3-8(14)10(16-4-6)11-17-9-5-15-2-1-7(9)12(19)18-11/h3-4,15H,1-2,5H2,(H,17,18,19). The molecule has 0 saturated heterocycles. The largest absolute Gasteiger partial charge is 0.311 e. The molecule has 2 N–H and O–H groups in total. The van der Waals surface area contributed by atoms with Gasteiger partial charge in [-0.05, 0) is 50.9 Å². The van der Waals surface area contributed by atoms with Gasteiger partial charge in [-0.25, -0.2) is 4.98 Å². The molecule has 0 radical (unpaired) electrons. The zero-order valence-corrected chi connectivity index (χ0v) is 13.0. The molecule has 19 heavy (non-hydrogen) atoms. The molecule has 0 bridgehead atoms. The van der Waals surface area contributed by atoms with Gasteiger partial charge in [-0.3, -0.25) is 9.78 Å². The number of nitrogens with one attached hydrogen (secondary N) is 2. The molecule has 1 aliphatic heterocycles. The van der Waals surface area contributed by atoms with Crippen LogP contribution in [0.15, 0.2) is 26.0 Å². The number of pyridine rings is 1. The van der Waals surface area contributed by atoms with Crippen molar-refractivity contribution in [1.29, 1.82) is 0 Å². The highest BCUT2D eigenvalue weighted by Gasteiger charge is 2.17. The van der Waals surface area contributed by atoms with Crippen LogP contribution in [0.3, 0.4) is 0 Å². The molecule has 0 fully saturated rings. The van der Waals surface area contributed by atoms with E-state index in [9.17, 15) is 4.79 Å². The van der Waals surface area contributed by atoms with Gasteiger partial charge >= 0.3 is 0 Å². The van der Waals surface area contributed by atoms with Gasteiger partial charge in [0.05, 0.1) is 5.69 Å². The van der Waals surface area contributed by atoms with Gasteiger partial charge in [-0.15, -0.1) is 0 Å². The van der Waals surface area contributed by atoms with Crippen LogP contribution in [-0.4, -0.2) is 21.5 Å². The molecular formula is C12H10Br2N4O. The molecule has 7 heteroatoms. The summed E-state index contributed by atoms with van der Waals surface area (Å²) in [4.78, 5) is 23.7. The normalized spacial score (nSPS) is 14.2. The SMILES string of the molecule is O=c1[nH]c(-c2ncc(Br)cc2Br)nc2c1CCNC2. The fourth-order valence-electron chi connectivity index (χ4n) is 2.07. The number of aromatic nitrogens is 3. The highest BCUT2D eigenvalue weighted by atomic mass is 79.9. The van der Waals surface area contributed by atoms with Crippen LogP contribution in [0.1, 0.15) is 11.3 Å². The van der Waals surface area contributed by atoms with Crippen molar-refractivity contribution in [3.05, 3.63) is 42.8 Å². The highest BCUT2D eigenvalue weighted by molar-refractivity contribution is 9.11. The molecule has 5 nitrogen and oxygen atoms in total. The third kappa shape index (κ3) is 2.50. The lowest BCUT2D eigenvalue weighted by Crippen LogP contribution is -2.31. The van der Waals surface area contributed by atoms with Crippen LogP contribution in [0.5, 0.6) is 0 Å². The summed E-state index contributed by atoms with van der Waals surface area (Å²) in [7, 11) is 0. The Kier molecular flexibility index (Phi) is 3.51. The Bertz CT molecular complexity index is 699. The van der Waals surface area contributed by atoms with Crippen molar-refractivity contribution in [2.24, 2.45) is 0 Å². The molecule has 0 spiro atoms. The second-order valence-corrected chi connectivity index (χ2v) is 6.02. The number of hydrogen-bond donors (Lipinski definition) is 2. The smallest absolute Gasteiger partial charge is 0.254 e. The average Bonchev–Trinajstić information content (AvgIpc) is 2.38. The van der Waals surface area contributed by atoms with Crippen molar-refractivity contribution >= 4 is 31.9 Å². The van der Waals surface area contributed by atoms with E-state index < -0.39 is 0 Å². The topological polar surface area (TPSA) is 70.7 Å². The van der Waals surface area contributed by atoms with E-state index in [-0.39, 0.29) is 5.56 Å². The number of H-pyrrole nitrogens is 1. The number of aromatic amines is 1. The van der Waals surface area contributed by atoms with Crippen LogP contribution in [0.25, 0.3) is 11.5 Å². The minimum Gasteiger partial charge on any atom is -0.311 e. The Morgan fingerprint density at radius 2 is 2.16 bits per heavy atom. The fourth-order valence-corrected chi connectivity index (χ4v) is 3.24. The summed E-state index contributed by atoms with van der Waals surface area (Å²) in [6.45, 7) is 1.44. The average molecular weight is 386 g/mol. The first kappa shape index (κ1) is 13.0. The molecule has 0 aliphatic carbocycles. The second-order valence-electron chi connectivity index (χ2n) is 4.25. The van der Waals surface area contributed by atoms with Crippen molar-refractivity contribution in [3.63, 3.8) is 0 Å². The Balaban J connectivity index is 2.15. The molecule has 0 amide bonds. The summed E-state index contributed by atoms with van der Waals surface area (Å²) in [6.07, 6.45) is 2.39. The van der Waals surface area contributed by atoms with Gasteiger partial charge in [-0.1, -0.05) is 0 Å². The number of nitrogens with zero attached hydrogens (tertiary/aromatic N) is 2. The first-order valence-corrected chi connectivity index (χ1v) is 7.38. The van der Waals surface area contributed by atoms with Crippen LogP contribution in [0.4, 0.5) is 0 Å². The minimum absolute atomic E-state index is 0.0712. The molecule has 3 heterocycles. The van der Waals surface area contributed by atoms with Gasteiger partial charge in [0.25, 0.3) is 5.56 Å². The van der Waals surface area contributed by atoms with Gasteiger partial charge < -0.3 is 10.3 Å². The number of fused-ring (bicyclic) bond motifs is 1. The van der Waals surface area contributed by atoms with Crippen molar-refractivity contribution in [3.8, 4) is 11.5 Å². The Hall–Kier alpha value is -1.05. The lowest BCUT2D eigenvalue weighted by molar-refractivity contribution is 0.619. The summed E-state index contributed by atoms with van der Waals surface area (Å²) in [6, 6.07) is 1.88. The van der Waals surface area contributed by atoms with Crippen LogP contribution in [-0.2, 0) is 13.0 Å². The Labute approximate surface area is 126 Å². The maximum Gasteiger partial charge on any atom is 0.254 e. The quantitative estimate of drug-likeness (QED) is 0.787. The molecule has 0 aromatic carbocycles. The summed E-state index contributed by atoms with van der Waals surface area (Å²) < 4.78 is 1.65.